The normalized spacial score (nSPS) is 26.3. The Balaban J connectivity index is 1.52. The third kappa shape index (κ3) is 6.79. The summed E-state index contributed by atoms with van der Waals surface area (Å²) >= 11 is 0. The number of rotatable bonds is 5. The smallest absolute Gasteiger partial charge is 0.410 e. The van der Waals surface area contributed by atoms with Gasteiger partial charge in [0.25, 0.3) is 0 Å². The molecular formula is C31H46N4O6. The van der Waals surface area contributed by atoms with Gasteiger partial charge >= 0.3 is 6.09 Å². The highest BCUT2D eigenvalue weighted by Gasteiger charge is 2.49. The maximum absolute atomic E-state index is 14.3. The minimum Gasteiger partial charge on any atom is -0.493 e. The van der Waals surface area contributed by atoms with Gasteiger partial charge in [-0.1, -0.05) is 38.5 Å². The van der Waals surface area contributed by atoms with Crippen molar-refractivity contribution in [2.75, 3.05) is 13.7 Å². The minimum absolute atomic E-state index is 0.0578. The van der Waals surface area contributed by atoms with Crippen molar-refractivity contribution in [1.82, 2.24) is 20.4 Å². The molecule has 4 rings (SSSR count). The van der Waals surface area contributed by atoms with Crippen LogP contribution in [0.2, 0.25) is 0 Å². The van der Waals surface area contributed by atoms with Crippen LogP contribution < -0.4 is 15.4 Å². The Morgan fingerprint density at radius 1 is 1.10 bits per heavy atom. The molecule has 0 saturated carbocycles. The maximum atomic E-state index is 14.3. The average molecular weight is 571 g/mol. The molecule has 3 aliphatic heterocycles. The van der Waals surface area contributed by atoms with E-state index in [4.69, 9.17) is 9.47 Å². The molecular weight excluding hydrogens is 524 g/mol. The summed E-state index contributed by atoms with van der Waals surface area (Å²) in [6.45, 7) is 11.4. The monoisotopic (exact) mass is 570 g/mol. The van der Waals surface area contributed by atoms with Gasteiger partial charge in [-0.2, -0.15) is 0 Å². The molecule has 3 heterocycles. The van der Waals surface area contributed by atoms with Gasteiger partial charge < -0.3 is 25.0 Å². The first-order valence-corrected chi connectivity index (χ1v) is 14.8. The number of carbonyl (C=O) groups is 4. The molecule has 2 saturated heterocycles. The van der Waals surface area contributed by atoms with Gasteiger partial charge in [0.2, 0.25) is 17.7 Å². The van der Waals surface area contributed by atoms with E-state index in [-0.39, 0.29) is 23.9 Å². The van der Waals surface area contributed by atoms with Crippen molar-refractivity contribution in [2.24, 2.45) is 5.41 Å². The molecule has 0 radical (unpaired) electrons. The highest BCUT2D eigenvalue weighted by molar-refractivity contribution is 5.95. The number of para-hydroxylation sites is 1. The largest absolute Gasteiger partial charge is 0.493 e. The van der Waals surface area contributed by atoms with E-state index in [2.05, 4.69) is 10.6 Å². The Bertz CT molecular complexity index is 1160. The SMILES string of the molecule is C[C@@H](C(=O)N[C@@H]1C(=O)N2[C@@H](CCCC1(C)C)CC[C@H]2C(=O)NC1CCOc2ccccc21)N(C)C(=O)OC(C)(C)C. The van der Waals surface area contributed by atoms with Gasteiger partial charge in [0.05, 0.1) is 12.6 Å². The van der Waals surface area contributed by atoms with Gasteiger partial charge in [0.15, 0.2) is 0 Å². The van der Waals surface area contributed by atoms with Crippen molar-refractivity contribution in [1.29, 1.82) is 0 Å². The Labute approximate surface area is 243 Å². The summed E-state index contributed by atoms with van der Waals surface area (Å²) in [5, 5.41) is 6.15. The first kappa shape index (κ1) is 30.7. The predicted molar refractivity (Wildman–Crippen MR) is 154 cm³/mol. The van der Waals surface area contributed by atoms with Crippen molar-refractivity contribution in [3.63, 3.8) is 0 Å². The molecule has 5 atom stereocenters. The van der Waals surface area contributed by atoms with E-state index in [9.17, 15) is 19.2 Å². The molecule has 0 bridgehead atoms. The maximum Gasteiger partial charge on any atom is 0.410 e. The summed E-state index contributed by atoms with van der Waals surface area (Å²) in [5.41, 5.74) is -0.313. The molecule has 10 heteroatoms. The van der Waals surface area contributed by atoms with Gasteiger partial charge in [-0.25, -0.2) is 4.79 Å². The zero-order valence-corrected chi connectivity index (χ0v) is 25.5. The van der Waals surface area contributed by atoms with Crippen molar-refractivity contribution < 1.29 is 28.7 Å². The number of hydrogen-bond acceptors (Lipinski definition) is 6. The number of nitrogens with zero attached hydrogens (tertiary/aromatic N) is 2. The van der Waals surface area contributed by atoms with Gasteiger partial charge in [-0.15, -0.1) is 0 Å². The highest BCUT2D eigenvalue weighted by atomic mass is 16.6. The van der Waals surface area contributed by atoms with Crippen LogP contribution in [0.5, 0.6) is 5.75 Å². The lowest BCUT2D eigenvalue weighted by Gasteiger charge is -2.43. The first-order chi connectivity index (χ1) is 19.2. The summed E-state index contributed by atoms with van der Waals surface area (Å²) in [6, 6.07) is 5.13. The minimum atomic E-state index is -0.860. The molecule has 1 unspecified atom stereocenters. The van der Waals surface area contributed by atoms with Crippen molar-refractivity contribution >= 4 is 23.8 Å². The van der Waals surface area contributed by atoms with Crippen LogP contribution in [0.1, 0.15) is 91.7 Å². The first-order valence-electron chi connectivity index (χ1n) is 14.8. The second-order valence-electron chi connectivity index (χ2n) is 13.3. The third-order valence-corrected chi connectivity index (χ3v) is 8.65. The van der Waals surface area contributed by atoms with Crippen molar-refractivity contribution in [2.45, 2.75) is 116 Å². The molecule has 226 valence electrons. The van der Waals surface area contributed by atoms with Crippen LogP contribution in [-0.4, -0.2) is 77.0 Å². The van der Waals surface area contributed by atoms with E-state index >= 15 is 0 Å². The van der Waals surface area contributed by atoms with Crippen molar-refractivity contribution in [3.8, 4) is 5.75 Å². The number of fused-ring (bicyclic) bond motifs is 2. The molecule has 0 aromatic heterocycles. The summed E-state index contributed by atoms with van der Waals surface area (Å²) in [6.07, 6.45) is 3.80. The Kier molecular flexibility index (Phi) is 8.90. The molecule has 3 aliphatic rings. The van der Waals surface area contributed by atoms with Crippen LogP contribution in [0.25, 0.3) is 0 Å². The number of hydrogen-bond donors (Lipinski definition) is 2. The fraction of sp³-hybridized carbons (Fsp3) is 0.677. The lowest BCUT2D eigenvalue weighted by atomic mass is 9.77. The Hall–Kier alpha value is -3.30. The summed E-state index contributed by atoms with van der Waals surface area (Å²) < 4.78 is 11.2. The van der Waals surface area contributed by atoms with Gasteiger partial charge in [0.1, 0.15) is 29.5 Å². The summed E-state index contributed by atoms with van der Waals surface area (Å²) in [5.74, 6) is -0.0964. The zero-order chi connectivity index (χ0) is 30.1. The van der Waals surface area contributed by atoms with Crippen LogP contribution >= 0.6 is 0 Å². The zero-order valence-electron chi connectivity index (χ0n) is 25.5. The second kappa shape index (κ2) is 11.9. The topological polar surface area (TPSA) is 117 Å². The van der Waals surface area contributed by atoms with E-state index in [0.29, 0.717) is 19.4 Å². The van der Waals surface area contributed by atoms with Crippen molar-refractivity contribution in [3.05, 3.63) is 29.8 Å². The van der Waals surface area contributed by atoms with E-state index in [0.717, 1.165) is 37.0 Å². The fourth-order valence-electron chi connectivity index (χ4n) is 6.13. The molecule has 0 spiro atoms. The molecule has 10 nitrogen and oxygen atoms in total. The number of ether oxygens (including phenoxy) is 2. The molecule has 2 fully saturated rings. The van der Waals surface area contributed by atoms with Crippen LogP contribution in [0.3, 0.4) is 0 Å². The number of carbonyl (C=O) groups excluding carboxylic acids is 4. The molecule has 0 aliphatic carbocycles. The molecule has 1 aromatic rings. The summed E-state index contributed by atoms with van der Waals surface area (Å²) in [7, 11) is 1.51. The predicted octanol–water partition coefficient (Wildman–Crippen LogP) is 3.94. The number of amides is 4. The van der Waals surface area contributed by atoms with Crippen LogP contribution in [0.4, 0.5) is 4.79 Å². The third-order valence-electron chi connectivity index (χ3n) is 8.65. The highest BCUT2D eigenvalue weighted by Crippen LogP contribution is 2.39. The lowest BCUT2D eigenvalue weighted by molar-refractivity contribution is -0.148. The fourth-order valence-corrected chi connectivity index (χ4v) is 6.13. The van der Waals surface area contributed by atoms with Gasteiger partial charge in [-0.3, -0.25) is 19.3 Å². The van der Waals surface area contributed by atoms with E-state index in [1.807, 2.05) is 38.1 Å². The molecule has 4 amide bonds. The second-order valence-corrected chi connectivity index (χ2v) is 13.3. The van der Waals surface area contributed by atoms with E-state index < -0.39 is 41.1 Å². The van der Waals surface area contributed by atoms with E-state index in [1.54, 1.807) is 32.6 Å². The summed E-state index contributed by atoms with van der Waals surface area (Å²) in [4.78, 5) is 56.9. The molecule has 1 aromatic carbocycles. The average Bonchev–Trinajstić information content (AvgIpc) is 3.32. The van der Waals surface area contributed by atoms with Crippen LogP contribution in [-0.2, 0) is 19.1 Å². The molecule has 2 N–H and O–H groups in total. The van der Waals surface area contributed by atoms with E-state index in [1.165, 1.54) is 11.9 Å². The number of nitrogens with one attached hydrogen (secondary N) is 2. The van der Waals surface area contributed by atoms with Crippen LogP contribution in [0, 0.1) is 5.41 Å². The van der Waals surface area contributed by atoms with Crippen LogP contribution in [0.15, 0.2) is 24.3 Å². The molecule has 41 heavy (non-hydrogen) atoms. The quantitative estimate of drug-likeness (QED) is 0.554. The lowest BCUT2D eigenvalue weighted by Crippen LogP contribution is -2.62. The standard InChI is InChI=1S/C31H46N4O6/c1-19(34(7)29(39)41-30(2,3)4)26(36)33-25-28(38)35-20(11-10-17-31(25,5)6)14-15-23(35)27(37)32-22-16-18-40-24-13-9-8-12-21(22)24/h8-9,12-13,19-20,22-23,25H,10-11,14-18H2,1-7H3,(H,32,37)(H,33,36)/t19-,20-,22?,23-,25+/m0/s1. The Morgan fingerprint density at radius 2 is 1.80 bits per heavy atom. The Morgan fingerprint density at radius 3 is 2.51 bits per heavy atom. The number of benzene rings is 1. The van der Waals surface area contributed by atoms with Gasteiger partial charge in [-0.05, 0) is 64.9 Å². The number of likely N-dealkylation sites (N-methyl/N-ethyl adjacent to an activating group) is 1. The van der Waals surface area contributed by atoms with Gasteiger partial charge in [0, 0.05) is 25.1 Å².